The largest absolute Gasteiger partial charge is 0.507 e. The van der Waals surface area contributed by atoms with Crippen LogP contribution in [0.4, 0.5) is 0 Å². The van der Waals surface area contributed by atoms with Crippen LogP contribution in [0.15, 0.2) is 42.5 Å². The molecule has 0 fully saturated rings. The number of amides is 1. The molecule has 120 valence electrons. The summed E-state index contributed by atoms with van der Waals surface area (Å²) in [6.45, 7) is 1.56. The predicted octanol–water partition coefficient (Wildman–Crippen LogP) is 2.83. The molecule has 0 radical (unpaired) electrons. The topological polar surface area (TPSA) is 75.6 Å². The second-order valence-corrected chi connectivity index (χ2v) is 5.39. The fourth-order valence-corrected chi connectivity index (χ4v) is 2.01. The monoisotopic (exact) mass is 333 g/mol. The number of hydrogen-bond donors (Lipinski definition) is 2. The maximum absolute atomic E-state index is 11.9. The lowest BCUT2D eigenvalue weighted by Crippen LogP contribution is -2.28. The summed E-state index contributed by atoms with van der Waals surface area (Å²) in [6.07, 6.45) is 0. The molecular formula is C17H16ClNO4. The van der Waals surface area contributed by atoms with Crippen molar-refractivity contribution in [3.63, 3.8) is 0 Å². The van der Waals surface area contributed by atoms with Crippen LogP contribution >= 0.6 is 11.6 Å². The van der Waals surface area contributed by atoms with Crippen molar-refractivity contribution in [1.82, 2.24) is 5.32 Å². The number of carbonyl (C=O) groups is 2. The van der Waals surface area contributed by atoms with Crippen molar-refractivity contribution in [3.05, 3.63) is 64.2 Å². The Morgan fingerprint density at radius 3 is 2.57 bits per heavy atom. The SMILES string of the molecule is Cc1cccc(C(=O)OCC(=O)NCc2ccc(Cl)cc2)c1O. The van der Waals surface area contributed by atoms with E-state index in [2.05, 4.69) is 5.32 Å². The lowest BCUT2D eigenvalue weighted by atomic mass is 10.1. The average molecular weight is 334 g/mol. The van der Waals surface area contributed by atoms with Crippen LogP contribution in [0.5, 0.6) is 5.75 Å². The molecule has 2 aromatic carbocycles. The van der Waals surface area contributed by atoms with E-state index in [1.165, 1.54) is 6.07 Å². The molecule has 0 spiro atoms. The van der Waals surface area contributed by atoms with Crippen LogP contribution in [0, 0.1) is 6.92 Å². The van der Waals surface area contributed by atoms with Crippen molar-refractivity contribution in [2.75, 3.05) is 6.61 Å². The molecule has 0 aliphatic heterocycles. The highest BCUT2D eigenvalue weighted by Gasteiger charge is 2.15. The van der Waals surface area contributed by atoms with E-state index in [1.807, 2.05) is 0 Å². The highest BCUT2D eigenvalue weighted by molar-refractivity contribution is 6.30. The molecule has 6 heteroatoms. The van der Waals surface area contributed by atoms with E-state index in [0.717, 1.165) is 5.56 Å². The van der Waals surface area contributed by atoms with Crippen LogP contribution in [0.2, 0.25) is 5.02 Å². The van der Waals surface area contributed by atoms with Crippen LogP contribution in [0.25, 0.3) is 0 Å². The fraction of sp³-hybridized carbons (Fsp3) is 0.176. The molecule has 5 nitrogen and oxygen atoms in total. The molecule has 0 unspecified atom stereocenters. The first kappa shape index (κ1) is 16.8. The van der Waals surface area contributed by atoms with E-state index in [9.17, 15) is 14.7 Å². The Morgan fingerprint density at radius 1 is 1.17 bits per heavy atom. The molecule has 0 bridgehead atoms. The van der Waals surface area contributed by atoms with E-state index in [-0.39, 0.29) is 11.3 Å². The molecule has 2 rings (SSSR count). The molecule has 0 aromatic heterocycles. The van der Waals surface area contributed by atoms with Gasteiger partial charge in [-0.3, -0.25) is 4.79 Å². The quantitative estimate of drug-likeness (QED) is 0.825. The molecule has 2 N–H and O–H groups in total. The van der Waals surface area contributed by atoms with Gasteiger partial charge in [0.25, 0.3) is 5.91 Å². The van der Waals surface area contributed by atoms with E-state index >= 15 is 0 Å². The Balaban J connectivity index is 1.83. The zero-order chi connectivity index (χ0) is 16.8. The minimum Gasteiger partial charge on any atom is -0.507 e. The van der Waals surface area contributed by atoms with Gasteiger partial charge in [0.2, 0.25) is 0 Å². The number of nitrogens with one attached hydrogen (secondary N) is 1. The lowest BCUT2D eigenvalue weighted by molar-refractivity contribution is -0.124. The number of esters is 1. The number of carbonyl (C=O) groups excluding carboxylic acids is 2. The number of hydrogen-bond acceptors (Lipinski definition) is 4. The summed E-state index contributed by atoms with van der Waals surface area (Å²) in [6, 6.07) is 11.8. The Bertz CT molecular complexity index is 713. The van der Waals surface area contributed by atoms with Crippen molar-refractivity contribution in [2.45, 2.75) is 13.5 Å². The number of phenolic OH excluding ortho intramolecular Hbond substituents is 1. The first-order valence-electron chi connectivity index (χ1n) is 6.94. The van der Waals surface area contributed by atoms with Crippen LogP contribution in [0.3, 0.4) is 0 Å². The minimum absolute atomic E-state index is 0.0375. The summed E-state index contributed by atoms with van der Waals surface area (Å²) in [5.41, 5.74) is 1.48. The van der Waals surface area contributed by atoms with E-state index in [1.54, 1.807) is 43.3 Å². The molecule has 0 atom stereocenters. The van der Waals surface area contributed by atoms with Crippen molar-refractivity contribution in [3.8, 4) is 5.75 Å². The second kappa shape index (κ2) is 7.65. The first-order valence-corrected chi connectivity index (χ1v) is 7.32. The number of ether oxygens (including phenoxy) is 1. The van der Waals surface area contributed by atoms with Gasteiger partial charge < -0.3 is 15.2 Å². The Kier molecular flexibility index (Phi) is 5.60. The van der Waals surface area contributed by atoms with Gasteiger partial charge in [-0.05, 0) is 36.2 Å². The number of benzene rings is 2. The molecule has 0 aliphatic carbocycles. The maximum atomic E-state index is 11.9. The zero-order valence-electron chi connectivity index (χ0n) is 12.5. The Morgan fingerprint density at radius 2 is 1.87 bits per heavy atom. The minimum atomic E-state index is -0.743. The van der Waals surface area contributed by atoms with Gasteiger partial charge in [0.05, 0.1) is 0 Å². The van der Waals surface area contributed by atoms with Crippen molar-refractivity contribution in [2.24, 2.45) is 0 Å². The van der Waals surface area contributed by atoms with Gasteiger partial charge in [-0.15, -0.1) is 0 Å². The number of aryl methyl sites for hydroxylation is 1. The summed E-state index contributed by atoms with van der Waals surface area (Å²) in [5.74, 6) is -1.31. The third-order valence-corrected chi connectivity index (χ3v) is 3.45. The van der Waals surface area contributed by atoms with Crippen LogP contribution in [-0.2, 0) is 16.1 Å². The number of phenols is 1. The predicted molar refractivity (Wildman–Crippen MR) is 86.4 cm³/mol. The van der Waals surface area contributed by atoms with Gasteiger partial charge in [0, 0.05) is 11.6 Å². The van der Waals surface area contributed by atoms with E-state index in [4.69, 9.17) is 16.3 Å². The number of aromatic hydroxyl groups is 1. The summed E-state index contributed by atoms with van der Waals surface area (Å²) in [5, 5.41) is 13.0. The number of halogens is 1. The molecule has 0 heterocycles. The van der Waals surface area contributed by atoms with Gasteiger partial charge in [-0.2, -0.15) is 0 Å². The van der Waals surface area contributed by atoms with Gasteiger partial charge >= 0.3 is 5.97 Å². The molecule has 1 amide bonds. The standard InChI is InChI=1S/C17H16ClNO4/c1-11-3-2-4-14(16(11)21)17(22)23-10-15(20)19-9-12-5-7-13(18)8-6-12/h2-8,21H,9-10H2,1H3,(H,19,20). The molecule has 23 heavy (non-hydrogen) atoms. The van der Waals surface area contributed by atoms with Crippen LogP contribution < -0.4 is 5.32 Å². The molecule has 0 aliphatic rings. The average Bonchev–Trinajstić information content (AvgIpc) is 2.54. The number of para-hydroxylation sites is 1. The maximum Gasteiger partial charge on any atom is 0.342 e. The van der Waals surface area contributed by atoms with Crippen LogP contribution in [-0.4, -0.2) is 23.6 Å². The fourth-order valence-electron chi connectivity index (χ4n) is 1.89. The Labute approximate surface area is 138 Å². The molecule has 2 aromatic rings. The van der Waals surface area contributed by atoms with Crippen molar-refractivity contribution < 1.29 is 19.4 Å². The van der Waals surface area contributed by atoms with Crippen molar-refractivity contribution in [1.29, 1.82) is 0 Å². The van der Waals surface area contributed by atoms with E-state index in [0.29, 0.717) is 17.1 Å². The van der Waals surface area contributed by atoms with Gasteiger partial charge in [-0.25, -0.2) is 4.79 Å². The van der Waals surface area contributed by atoms with E-state index < -0.39 is 18.5 Å². The zero-order valence-corrected chi connectivity index (χ0v) is 13.3. The highest BCUT2D eigenvalue weighted by atomic mass is 35.5. The molecule has 0 saturated heterocycles. The highest BCUT2D eigenvalue weighted by Crippen LogP contribution is 2.21. The number of rotatable bonds is 5. The summed E-state index contributed by atoms with van der Waals surface area (Å²) in [4.78, 5) is 23.6. The van der Waals surface area contributed by atoms with Crippen LogP contribution in [0.1, 0.15) is 21.5 Å². The summed E-state index contributed by atoms with van der Waals surface area (Å²) < 4.78 is 4.90. The Hall–Kier alpha value is -2.53. The molecule has 0 saturated carbocycles. The van der Waals surface area contributed by atoms with Gasteiger partial charge in [-0.1, -0.05) is 35.9 Å². The normalized spacial score (nSPS) is 10.2. The summed E-state index contributed by atoms with van der Waals surface area (Å²) >= 11 is 5.78. The smallest absolute Gasteiger partial charge is 0.342 e. The first-order chi connectivity index (χ1) is 11.0. The third-order valence-electron chi connectivity index (χ3n) is 3.19. The molecular weight excluding hydrogens is 318 g/mol. The third kappa shape index (κ3) is 4.72. The lowest BCUT2D eigenvalue weighted by Gasteiger charge is -2.08. The second-order valence-electron chi connectivity index (χ2n) is 4.95. The van der Waals surface area contributed by atoms with Gasteiger partial charge in [0.1, 0.15) is 11.3 Å². The summed E-state index contributed by atoms with van der Waals surface area (Å²) in [7, 11) is 0. The van der Waals surface area contributed by atoms with Crippen molar-refractivity contribution >= 4 is 23.5 Å². The van der Waals surface area contributed by atoms with Gasteiger partial charge in [0.15, 0.2) is 6.61 Å².